The number of carbonyl (C=O) groups is 1. The fourth-order valence-corrected chi connectivity index (χ4v) is 2.70. The predicted molar refractivity (Wildman–Crippen MR) is 111 cm³/mol. The number of hydrazone groups is 1. The topological polar surface area (TPSA) is 118 Å². The number of methoxy groups -OCH3 is 2. The SMILES string of the molecule is CCOc1cc(C=NNC(=O)c2cc(-c3cc(OC)ccc3OC)n[nH]2)ccc1O. The Morgan fingerprint density at radius 1 is 1.17 bits per heavy atom. The lowest BCUT2D eigenvalue weighted by Crippen LogP contribution is -2.18. The average Bonchev–Trinajstić information content (AvgIpc) is 3.26. The Balaban J connectivity index is 1.72. The van der Waals surface area contributed by atoms with Gasteiger partial charge in [0.1, 0.15) is 17.2 Å². The van der Waals surface area contributed by atoms with Crippen LogP contribution in [-0.4, -0.2) is 48.3 Å². The Hall–Kier alpha value is -4.01. The number of H-pyrrole nitrogens is 1. The van der Waals surface area contributed by atoms with Crippen molar-refractivity contribution >= 4 is 12.1 Å². The summed E-state index contributed by atoms with van der Waals surface area (Å²) in [6, 6.07) is 11.7. The summed E-state index contributed by atoms with van der Waals surface area (Å²) in [7, 11) is 3.12. The van der Waals surface area contributed by atoms with Crippen LogP contribution in [0.1, 0.15) is 23.0 Å². The maximum atomic E-state index is 12.4. The number of benzene rings is 2. The zero-order chi connectivity index (χ0) is 21.5. The molecule has 3 aromatic rings. The summed E-state index contributed by atoms with van der Waals surface area (Å²) in [4.78, 5) is 12.4. The van der Waals surface area contributed by atoms with Gasteiger partial charge in [0.05, 0.1) is 32.7 Å². The molecule has 0 saturated carbocycles. The molecule has 0 bridgehead atoms. The van der Waals surface area contributed by atoms with Crippen molar-refractivity contribution in [3.05, 3.63) is 53.7 Å². The average molecular weight is 410 g/mol. The van der Waals surface area contributed by atoms with Crippen LogP contribution in [0.2, 0.25) is 0 Å². The van der Waals surface area contributed by atoms with Crippen molar-refractivity contribution in [3.63, 3.8) is 0 Å². The first-order valence-electron chi connectivity index (χ1n) is 9.12. The molecule has 1 amide bonds. The van der Waals surface area contributed by atoms with Crippen LogP contribution in [0.5, 0.6) is 23.0 Å². The molecule has 1 heterocycles. The van der Waals surface area contributed by atoms with Crippen LogP contribution in [0, 0.1) is 0 Å². The molecular formula is C21H22N4O5. The molecule has 0 fully saturated rings. The lowest BCUT2D eigenvalue weighted by Gasteiger charge is -2.08. The number of aromatic hydroxyl groups is 1. The van der Waals surface area contributed by atoms with Gasteiger partial charge in [-0.25, -0.2) is 5.43 Å². The Morgan fingerprint density at radius 2 is 2.00 bits per heavy atom. The molecule has 3 N–H and O–H groups in total. The summed E-state index contributed by atoms with van der Waals surface area (Å²) in [5.74, 6) is 1.17. The second-order valence-corrected chi connectivity index (χ2v) is 6.09. The number of aromatic nitrogens is 2. The van der Waals surface area contributed by atoms with Crippen molar-refractivity contribution in [2.24, 2.45) is 5.10 Å². The third kappa shape index (κ3) is 4.69. The van der Waals surface area contributed by atoms with Crippen LogP contribution in [0.25, 0.3) is 11.3 Å². The number of rotatable bonds is 8. The van der Waals surface area contributed by atoms with Gasteiger partial charge in [0, 0.05) is 5.56 Å². The lowest BCUT2D eigenvalue weighted by molar-refractivity contribution is 0.0950. The van der Waals surface area contributed by atoms with E-state index < -0.39 is 5.91 Å². The summed E-state index contributed by atoms with van der Waals surface area (Å²) in [5, 5.41) is 20.5. The fourth-order valence-electron chi connectivity index (χ4n) is 2.70. The first-order chi connectivity index (χ1) is 14.5. The van der Waals surface area contributed by atoms with E-state index in [-0.39, 0.29) is 11.4 Å². The molecule has 9 nitrogen and oxygen atoms in total. The third-order valence-corrected chi connectivity index (χ3v) is 4.17. The van der Waals surface area contributed by atoms with Gasteiger partial charge in [-0.2, -0.15) is 10.2 Å². The van der Waals surface area contributed by atoms with E-state index in [9.17, 15) is 9.90 Å². The molecule has 0 atom stereocenters. The zero-order valence-electron chi connectivity index (χ0n) is 16.8. The first-order valence-corrected chi connectivity index (χ1v) is 9.12. The minimum atomic E-state index is -0.462. The molecule has 0 radical (unpaired) electrons. The molecule has 0 saturated heterocycles. The van der Waals surface area contributed by atoms with Gasteiger partial charge in [-0.15, -0.1) is 0 Å². The van der Waals surface area contributed by atoms with E-state index in [4.69, 9.17) is 14.2 Å². The minimum absolute atomic E-state index is 0.0380. The van der Waals surface area contributed by atoms with Gasteiger partial charge in [0.2, 0.25) is 0 Å². The molecule has 2 aromatic carbocycles. The van der Waals surface area contributed by atoms with Crippen LogP contribution in [0.3, 0.4) is 0 Å². The highest BCUT2D eigenvalue weighted by molar-refractivity contribution is 5.94. The molecular weight excluding hydrogens is 388 g/mol. The van der Waals surface area contributed by atoms with E-state index in [0.29, 0.717) is 40.7 Å². The third-order valence-electron chi connectivity index (χ3n) is 4.17. The largest absolute Gasteiger partial charge is 0.504 e. The highest BCUT2D eigenvalue weighted by atomic mass is 16.5. The van der Waals surface area contributed by atoms with E-state index in [0.717, 1.165) is 0 Å². The lowest BCUT2D eigenvalue weighted by atomic mass is 10.1. The number of nitrogens with one attached hydrogen (secondary N) is 2. The summed E-state index contributed by atoms with van der Waals surface area (Å²) >= 11 is 0. The quantitative estimate of drug-likeness (QED) is 0.388. The maximum Gasteiger partial charge on any atom is 0.289 e. The van der Waals surface area contributed by atoms with Gasteiger partial charge < -0.3 is 19.3 Å². The zero-order valence-corrected chi connectivity index (χ0v) is 16.8. The first kappa shape index (κ1) is 20.7. The van der Waals surface area contributed by atoms with Crippen LogP contribution >= 0.6 is 0 Å². The van der Waals surface area contributed by atoms with Crippen LogP contribution in [0.4, 0.5) is 0 Å². The van der Waals surface area contributed by atoms with Gasteiger partial charge in [-0.3, -0.25) is 9.89 Å². The van der Waals surface area contributed by atoms with E-state index in [1.54, 1.807) is 50.6 Å². The Kier molecular flexibility index (Phi) is 6.53. The number of ether oxygens (including phenoxy) is 3. The number of hydrogen-bond acceptors (Lipinski definition) is 7. The molecule has 0 aliphatic carbocycles. The number of phenolic OH excluding ortho intramolecular Hbond substituents is 1. The molecule has 1 aromatic heterocycles. The second-order valence-electron chi connectivity index (χ2n) is 6.09. The number of phenols is 1. The molecule has 3 rings (SSSR count). The molecule has 156 valence electrons. The smallest absolute Gasteiger partial charge is 0.289 e. The fraction of sp³-hybridized carbons (Fsp3) is 0.190. The Bertz CT molecular complexity index is 1060. The predicted octanol–water partition coefficient (Wildman–Crippen LogP) is 2.96. The van der Waals surface area contributed by atoms with Crippen molar-refractivity contribution < 1.29 is 24.1 Å². The van der Waals surface area contributed by atoms with Crippen LogP contribution in [-0.2, 0) is 0 Å². The van der Waals surface area contributed by atoms with Gasteiger partial charge in [0.15, 0.2) is 11.5 Å². The van der Waals surface area contributed by atoms with Gasteiger partial charge in [0.25, 0.3) is 5.91 Å². The number of nitrogens with zero attached hydrogens (tertiary/aromatic N) is 2. The number of carbonyl (C=O) groups excluding carboxylic acids is 1. The van der Waals surface area contributed by atoms with Crippen LogP contribution in [0.15, 0.2) is 47.6 Å². The number of hydrogen-bond donors (Lipinski definition) is 3. The van der Waals surface area contributed by atoms with Crippen molar-refractivity contribution in [3.8, 4) is 34.3 Å². The standard InChI is InChI=1S/C21H22N4O5/c1-4-30-20-9-13(5-7-18(20)26)12-22-25-21(27)17-11-16(23-24-17)15-10-14(28-2)6-8-19(15)29-3/h5-12,26H,4H2,1-3H3,(H,23,24)(H,25,27). The van der Waals surface area contributed by atoms with Crippen molar-refractivity contribution in [2.75, 3.05) is 20.8 Å². The van der Waals surface area contributed by atoms with Crippen molar-refractivity contribution in [1.82, 2.24) is 15.6 Å². The number of amides is 1. The van der Waals surface area contributed by atoms with Gasteiger partial charge >= 0.3 is 0 Å². The van der Waals surface area contributed by atoms with E-state index in [1.165, 1.54) is 12.3 Å². The second kappa shape index (κ2) is 9.46. The minimum Gasteiger partial charge on any atom is -0.504 e. The maximum absolute atomic E-state index is 12.4. The summed E-state index contributed by atoms with van der Waals surface area (Å²) in [6.45, 7) is 2.24. The molecule has 0 aliphatic heterocycles. The summed E-state index contributed by atoms with van der Waals surface area (Å²) in [6.07, 6.45) is 1.45. The molecule has 9 heteroatoms. The van der Waals surface area contributed by atoms with Crippen LogP contribution < -0.4 is 19.6 Å². The van der Waals surface area contributed by atoms with E-state index in [2.05, 4.69) is 20.7 Å². The Labute approximate surface area is 173 Å². The molecule has 0 spiro atoms. The molecule has 0 unspecified atom stereocenters. The van der Waals surface area contributed by atoms with Crippen molar-refractivity contribution in [1.29, 1.82) is 0 Å². The van der Waals surface area contributed by atoms with Crippen molar-refractivity contribution in [2.45, 2.75) is 6.92 Å². The molecule has 0 aliphatic rings. The van der Waals surface area contributed by atoms with Gasteiger partial charge in [-0.1, -0.05) is 0 Å². The Morgan fingerprint density at radius 3 is 2.73 bits per heavy atom. The summed E-state index contributed by atoms with van der Waals surface area (Å²) < 4.78 is 15.9. The highest BCUT2D eigenvalue weighted by Crippen LogP contribution is 2.32. The monoisotopic (exact) mass is 410 g/mol. The normalized spacial score (nSPS) is 10.8. The van der Waals surface area contributed by atoms with E-state index >= 15 is 0 Å². The number of aromatic amines is 1. The van der Waals surface area contributed by atoms with E-state index in [1.807, 2.05) is 6.92 Å². The molecule has 30 heavy (non-hydrogen) atoms. The highest BCUT2D eigenvalue weighted by Gasteiger charge is 2.14. The van der Waals surface area contributed by atoms with Gasteiger partial charge in [-0.05, 0) is 55.0 Å². The summed E-state index contributed by atoms with van der Waals surface area (Å²) in [5.41, 5.74) is 4.53.